The van der Waals surface area contributed by atoms with Crippen LogP contribution >= 0.6 is 0 Å². The summed E-state index contributed by atoms with van der Waals surface area (Å²) in [5, 5.41) is 11.5. The molecule has 0 bridgehead atoms. The van der Waals surface area contributed by atoms with Gasteiger partial charge in [-0.3, -0.25) is 4.79 Å². The van der Waals surface area contributed by atoms with Crippen molar-refractivity contribution in [3.63, 3.8) is 0 Å². The van der Waals surface area contributed by atoms with Gasteiger partial charge in [0.1, 0.15) is 11.9 Å². The number of rotatable bonds is 5. The normalized spacial score (nSPS) is 11.2. The lowest BCUT2D eigenvalue weighted by Crippen LogP contribution is -2.43. The molecule has 2 aromatic rings. The summed E-state index contributed by atoms with van der Waals surface area (Å²) < 4.78 is 17.9. The van der Waals surface area contributed by atoms with Crippen LogP contribution in [0.3, 0.4) is 0 Å². The molecule has 1 atom stereocenters. The summed E-state index contributed by atoms with van der Waals surface area (Å²) in [6.45, 7) is 0. The summed E-state index contributed by atoms with van der Waals surface area (Å²) in [6, 6.07) is 12.9. The quantitative estimate of drug-likeness (QED) is 0.855. The summed E-state index contributed by atoms with van der Waals surface area (Å²) in [7, 11) is 1.22. The molecule has 0 unspecified atom stereocenters. The van der Waals surface area contributed by atoms with Gasteiger partial charge in [-0.2, -0.15) is 5.26 Å². The van der Waals surface area contributed by atoms with Crippen molar-refractivity contribution in [2.24, 2.45) is 0 Å². The van der Waals surface area contributed by atoms with Gasteiger partial charge in [-0.05, 0) is 35.9 Å². The molecule has 122 valence electrons. The number of hydrogen-bond donors (Lipinski definition) is 1. The van der Waals surface area contributed by atoms with Crippen molar-refractivity contribution < 1.29 is 18.7 Å². The van der Waals surface area contributed by atoms with Gasteiger partial charge >= 0.3 is 5.97 Å². The van der Waals surface area contributed by atoms with Gasteiger partial charge in [-0.25, -0.2) is 9.18 Å². The van der Waals surface area contributed by atoms with E-state index in [0.717, 1.165) is 6.07 Å². The second kappa shape index (κ2) is 7.88. The summed E-state index contributed by atoms with van der Waals surface area (Å²) in [6.07, 6.45) is 0.156. The maximum Gasteiger partial charge on any atom is 0.328 e. The highest BCUT2D eigenvalue weighted by atomic mass is 19.1. The number of nitrogens with zero attached hydrogens (tertiary/aromatic N) is 1. The molecule has 5 nitrogen and oxygen atoms in total. The van der Waals surface area contributed by atoms with Crippen molar-refractivity contribution in [2.75, 3.05) is 7.11 Å². The van der Waals surface area contributed by atoms with E-state index in [1.165, 1.54) is 25.3 Å². The van der Waals surface area contributed by atoms with Gasteiger partial charge in [0.25, 0.3) is 5.91 Å². The van der Waals surface area contributed by atoms with Crippen molar-refractivity contribution in [3.8, 4) is 6.07 Å². The standard InChI is InChI=1S/C18H15FN2O3/c1-24-18(23)16(9-12-4-2-5-13(8-12)11-20)21-17(22)14-6-3-7-15(19)10-14/h2-8,10,16H,9H2,1H3,(H,21,22)/t16-/m0/s1. The van der Waals surface area contributed by atoms with Gasteiger partial charge in [0.05, 0.1) is 18.7 Å². The zero-order valence-electron chi connectivity index (χ0n) is 13.0. The Labute approximate surface area is 138 Å². The number of carbonyl (C=O) groups excluding carboxylic acids is 2. The molecule has 2 rings (SSSR count). The van der Waals surface area contributed by atoms with Crippen molar-refractivity contribution in [1.29, 1.82) is 5.26 Å². The van der Waals surface area contributed by atoms with Crippen LogP contribution in [0, 0.1) is 17.1 Å². The number of hydrogen-bond acceptors (Lipinski definition) is 4. The molecule has 0 aromatic heterocycles. The predicted molar refractivity (Wildman–Crippen MR) is 84.5 cm³/mol. The Morgan fingerprint density at radius 1 is 1.25 bits per heavy atom. The first-order valence-electron chi connectivity index (χ1n) is 7.17. The number of nitrogens with one attached hydrogen (secondary N) is 1. The van der Waals surface area contributed by atoms with Gasteiger partial charge in [-0.15, -0.1) is 0 Å². The third kappa shape index (κ3) is 4.40. The van der Waals surface area contributed by atoms with Gasteiger partial charge in [0.15, 0.2) is 0 Å². The molecule has 0 heterocycles. The maximum absolute atomic E-state index is 13.2. The largest absolute Gasteiger partial charge is 0.467 e. The Hall–Kier alpha value is -3.20. The second-order valence-electron chi connectivity index (χ2n) is 5.08. The molecule has 0 aliphatic carbocycles. The molecule has 2 aromatic carbocycles. The summed E-state index contributed by atoms with van der Waals surface area (Å²) in [4.78, 5) is 24.1. The number of benzene rings is 2. The Morgan fingerprint density at radius 3 is 2.67 bits per heavy atom. The maximum atomic E-state index is 13.2. The smallest absolute Gasteiger partial charge is 0.328 e. The fourth-order valence-electron chi connectivity index (χ4n) is 2.21. The van der Waals surface area contributed by atoms with Gasteiger partial charge in [0, 0.05) is 12.0 Å². The Bertz CT molecular complexity index is 799. The molecule has 0 saturated carbocycles. The molecule has 0 spiro atoms. The van der Waals surface area contributed by atoms with E-state index < -0.39 is 23.7 Å². The molecule has 0 aliphatic heterocycles. The first-order chi connectivity index (χ1) is 11.5. The van der Waals surface area contributed by atoms with E-state index >= 15 is 0 Å². The lowest BCUT2D eigenvalue weighted by atomic mass is 10.0. The van der Waals surface area contributed by atoms with Crippen LogP contribution in [0.2, 0.25) is 0 Å². The number of halogens is 1. The van der Waals surface area contributed by atoms with E-state index in [9.17, 15) is 14.0 Å². The summed E-state index contributed by atoms with van der Waals surface area (Å²) >= 11 is 0. The highest BCUT2D eigenvalue weighted by molar-refractivity contribution is 5.96. The molecular formula is C18H15FN2O3. The minimum absolute atomic E-state index is 0.106. The monoisotopic (exact) mass is 326 g/mol. The molecule has 0 aliphatic rings. The fourth-order valence-corrected chi connectivity index (χ4v) is 2.21. The van der Waals surface area contributed by atoms with Crippen molar-refractivity contribution in [2.45, 2.75) is 12.5 Å². The average Bonchev–Trinajstić information content (AvgIpc) is 2.60. The van der Waals surface area contributed by atoms with E-state index in [1.807, 2.05) is 6.07 Å². The Kier molecular flexibility index (Phi) is 5.63. The highest BCUT2D eigenvalue weighted by Gasteiger charge is 2.23. The number of carbonyl (C=O) groups is 2. The third-order valence-corrected chi connectivity index (χ3v) is 3.37. The number of ether oxygens (including phenoxy) is 1. The number of nitriles is 1. The van der Waals surface area contributed by atoms with Crippen LogP contribution in [0.25, 0.3) is 0 Å². The molecule has 1 N–H and O–H groups in total. The number of esters is 1. The number of methoxy groups -OCH3 is 1. The topological polar surface area (TPSA) is 79.2 Å². The van der Waals surface area contributed by atoms with Crippen LogP contribution in [0.15, 0.2) is 48.5 Å². The van der Waals surface area contributed by atoms with Gasteiger partial charge in [-0.1, -0.05) is 18.2 Å². The fraction of sp³-hybridized carbons (Fsp3) is 0.167. The first kappa shape index (κ1) is 17.2. The zero-order valence-corrected chi connectivity index (χ0v) is 13.0. The summed E-state index contributed by atoms with van der Waals surface area (Å²) in [5.41, 5.74) is 1.26. The predicted octanol–water partition coefficient (Wildman–Crippen LogP) is 2.21. The molecular weight excluding hydrogens is 311 g/mol. The second-order valence-corrected chi connectivity index (χ2v) is 5.08. The first-order valence-corrected chi connectivity index (χ1v) is 7.17. The third-order valence-electron chi connectivity index (χ3n) is 3.37. The van der Waals surface area contributed by atoms with Crippen LogP contribution in [0.5, 0.6) is 0 Å². The van der Waals surface area contributed by atoms with Crippen LogP contribution in [-0.2, 0) is 16.0 Å². The van der Waals surface area contributed by atoms with E-state index in [4.69, 9.17) is 10.00 Å². The van der Waals surface area contributed by atoms with Crippen LogP contribution in [-0.4, -0.2) is 25.0 Å². The van der Waals surface area contributed by atoms with Crippen LogP contribution in [0.4, 0.5) is 4.39 Å². The average molecular weight is 326 g/mol. The molecule has 0 saturated heterocycles. The van der Waals surface area contributed by atoms with Crippen molar-refractivity contribution in [3.05, 3.63) is 71.0 Å². The van der Waals surface area contributed by atoms with Crippen molar-refractivity contribution >= 4 is 11.9 Å². The van der Waals surface area contributed by atoms with Gasteiger partial charge < -0.3 is 10.1 Å². The minimum Gasteiger partial charge on any atom is -0.467 e. The summed E-state index contributed by atoms with van der Waals surface area (Å²) in [5.74, 6) is -1.75. The zero-order chi connectivity index (χ0) is 17.5. The van der Waals surface area contributed by atoms with E-state index in [-0.39, 0.29) is 12.0 Å². The minimum atomic E-state index is -0.945. The molecule has 6 heteroatoms. The van der Waals surface area contributed by atoms with E-state index in [2.05, 4.69) is 5.32 Å². The lowest BCUT2D eigenvalue weighted by molar-refractivity contribution is -0.142. The molecule has 0 radical (unpaired) electrons. The van der Waals surface area contributed by atoms with Crippen molar-refractivity contribution in [1.82, 2.24) is 5.32 Å². The van der Waals surface area contributed by atoms with Gasteiger partial charge in [0.2, 0.25) is 0 Å². The molecule has 1 amide bonds. The number of amides is 1. The Morgan fingerprint density at radius 2 is 2.00 bits per heavy atom. The highest BCUT2D eigenvalue weighted by Crippen LogP contribution is 2.10. The van der Waals surface area contributed by atoms with Crippen LogP contribution < -0.4 is 5.32 Å². The van der Waals surface area contributed by atoms with E-state index in [0.29, 0.717) is 11.1 Å². The SMILES string of the molecule is COC(=O)[C@H](Cc1cccc(C#N)c1)NC(=O)c1cccc(F)c1. The lowest BCUT2D eigenvalue weighted by Gasteiger charge is -2.17. The molecule has 0 fully saturated rings. The van der Waals surface area contributed by atoms with Crippen LogP contribution in [0.1, 0.15) is 21.5 Å². The Balaban J connectivity index is 2.18. The molecule has 24 heavy (non-hydrogen) atoms. The van der Waals surface area contributed by atoms with E-state index in [1.54, 1.807) is 24.3 Å².